The van der Waals surface area contributed by atoms with E-state index in [-0.39, 0.29) is 0 Å². The van der Waals surface area contributed by atoms with Crippen LogP contribution in [0.15, 0.2) is 0 Å². The Bertz CT molecular complexity index is 471. The van der Waals surface area contributed by atoms with Crippen molar-refractivity contribution in [3.05, 3.63) is 0 Å². The number of piperidine rings is 2. The van der Waals surface area contributed by atoms with E-state index in [0.29, 0.717) is 6.04 Å². The van der Waals surface area contributed by atoms with Crippen LogP contribution in [0, 0.1) is 11.8 Å². The Labute approximate surface area is 197 Å². The van der Waals surface area contributed by atoms with Crippen LogP contribution in [0.3, 0.4) is 0 Å². The molecule has 0 bridgehead atoms. The first-order chi connectivity index (χ1) is 15.8. The minimum atomic E-state index is 0.670. The van der Waals surface area contributed by atoms with Gasteiger partial charge in [-0.1, -0.05) is 6.92 Å². The maximum Gasteiger partial charge on any atom is 0.0621 e. The summed E-state index contributed by atoms with van der Waals surface area (Å²) >= 11 is 0. The molecule has 3 fully saturated rings. The first kappa shape index (κ1) is 26.4. The highest BCUT2D eigenvalue weighted by atomic mass is 16.5. The molecule has 0 aromatic rings. The highest BCUT2D eigenvalue weighted by Gasteiger charge is 2.23. The molecule has 6 heteroatoms. The van der Waals surface area contributed by atoms with Crippen molar-refractivity contribution < 1.29 is 14.2 Å². The molecule has 0 radical (unpaired) electrons. The quantitative estimate of drug-likeness (QED) is 0.354. The zero-order chi connectivity index (χ0) is 22.4. The molecule has 2 atom stereocenters. The Morgan fingerprint density at radius 1 is 0.719 bits per heavy atom. The molecule has 3 rings (SSSR count). The molecule has 32 heavy (non-hydrogen) atoms. The Morgan fingerprint density at radius 3 is 2.19 bits per heavy atom. The second-order valence-electron chi connectivity index (χ2n) is 10.3. The summed E-state index contributed by atoms with van der Waals surface area (Å²) < 4.78 is 17.4. The van der Waals surface area contributed by atoms with E-state index in [0.717, 1.165) is 51.3 Å². The minimum Gasteiger partial charge on any atom is -0.384 e. The predicted octanol–water partition coefficient (Wildman–Crippen LogP) is 3.35. The van der Waals surface area contributed by atoms with Crippen LogP contribution >= 0.6 is 0 Å². The van der Waals surface area contributed by atoms with E-state index in [1.165, 1.54) is 97.3 Å². The second kappa shape index (κ2) is 15.6. The highest BCUT2D eigenvalue weighted by molar-refractivity contribution is 4.78. The molecular weight excluding hydrogens is 402 g/mol. The monoisotopic (exact) mass is 453 g/mol. The first-order valence-electron chi connectivity index (χ1n) is 13.6. The molecule has 0 saturated carbocycles. The molecule has 3 aliphatic rings. The molecule has 6 nitrogen and oxygen atoms in total. The van der Waals surface area contributed by atoms with Crippen molar-refractivity contribution in [2.24, 2.45) is 11.8 Å². The topological polar surface area (TPSA) is 37.4 Å². The molecule has 0 aliphatic carbocycles. The van der Waals surface area contributed by atoms with E-state index < -0.39 is 0 Å². The summed E-state index contributed by atoms with van der Waals surface area (Å²) in [7, 11) is 1.82. The fraction of sp³-hybridized carbons (Fsp3) is 1.00. The molecule has 0 N–H and O–H groups in total. The van der Waals surface area contributed by atoms with Crippen molar-refractivity contribution in [1.82, 2.24) is 14.7 Å². The Kier molecular flexibility index (Phi) is 12.9. The standard InChI is InChI=1S/C26H51N3O3/c1-3-29-15-5-9-26(29)23-32-19-6-13-27-16-10-24(11-17-27)22-31-18-7-14-28-12-4-8-25(20-28)21-30-2/h24-26H,3-23H2,1-2H3/t25?,26-/m0/s1. The SMILES string of the molecule is CCN1CCC[C@H]1COCCCN1CCC(COCCCN2CCCC(COC)C2)CC1. The van der Waals surface area contributed by atoms with Crippen molar-refractivity contribution in [3.8, 4) is 0 Å². The third kappa shape index (κ3) is 9.55. The Morgan fingerprint density at radius 2 is 1.44 bits per heavy atom. The predicted molar refractivity (Wildman–Crippen MR) is 131 cm³/mol. The maximum atomic E-state index is 6.06. The van der Waals surface area contributed by atoms with Crippen LogP contribution in [-0.4, -0.2) is 113 Å². The lowest BCUT2D eigenvalue weighted by Gasteiger charge is -2.33. The number of ether oxygens (including phenoxy) is 3. The van der Waals surface area contributed by atoms with Gasteiger partial charge in [0.1, 0.15) is 0 Å². The van der Waals surface area contributed by atoms with Gasteiger partial charge in [0, 0.05) is 52.6 Å². The van der Waals surface area contributed by atoms with Crippen LogP contribution in [0.4, 0.5) is 0 Å². The van der Waals surface area contributed by atoms with Crippen LogP contribution in [0.25, 0.3) is 0 Å². The average molecular weight is 454 g/mol. The summed E-state index contributed by atoms with van der Waals surface area (Å²) in [6, 6.07) is 0.670. The van der Waals surface area contributed by atoms with Crippen LogP contribution in [-0.2, 0) is 14.2 Å². The second-order valence-corrected chi connectivity index (χ2v) is 10.3. The summed E-state index contributed by atoms with van der Waals surface area (Å²) in [6.45, 7) is 16.6. The van der Waals surface area contributed by atoms with E-state index in [1.807, 2.05) is 7.11 Å². The number of likely N-dealkylation sites (tertiary alicyclic amines) is 3. The molecule has 3 aliphatic heterocycles. The van der Waals surface area contributed by atoms with Crippen LogP contribution < -0.4 is 0 Å². The molecule has 0 aromatic carbocycles. The van der Waals surface area contributed by atoms with Crippen molar-refractivity contribution in [2.45, 2.75) is 64.3 Å². The van der Waals surface area contributed by atoms with Crippen molar-refractivity contribution >= 4 is 0 Å². The van der Waals surface area contributed by atoms with E-state index in [1.54, 1.807) is 0 Å². The zero-order valence-corrected chi connectivity index (χ0v) is 21.1. The number of hydrogen-bond donors (Lipinski definition) is 0. The van der Waals surface area contributed by atoms with Gasteiger partial charge in [-0.15, -0.1) is 0 Å². The molecule has 0 spiro atoms. The molecule has 1 unspecified atom stereocenters. The van der Waals surface area contributed by atoms with Crippen molar-refractivity contribution in [1.29, 1.82) is 0 Å². The Balaban J connectivity index is 1.13. The van der Waals surface area contributed by atoms with Crippen LogP contribution in [0.1, 0.15) is 58.3 Å². The van der Waals surface area contributed by atoms with E-state index >= 15 is 0 Å². The fourth-order valence-corrected chi connectivity index (χ4v) is 5.85. The number of likely N-dealkylation sites (N-methyl/N-ethyl adjacent to an activating group) is 1. The first-order valence-corrected chi connectivity index (χ1v) is 13.6. The molecule has 3 heterocycles. The summed E-state index contributed by atoms with van der Waals surface area (Å²) in [5.41, 5.74) is 0. The average Bonchev–Trinajstić information content (AvgIpc) is 3.28. The zero-order valence-electron chi connectivity index (χ0n) is 21.1. The van der Waals surface area contributed by atoms with Gasteiger partial charge in [0.05, 0.1) is 13.2 Å². The minimum absolute atomic E-state index is 0.670. The number of rotatable bonds is 15. The van der Waals surface area contributed by atoms with Crippen LogP contribution in [0.2, 0.25) is 0 Å². The normalized spacial score (nSPS) is 26.8. The van der Waals surface area contributed by atoms with Gasteiger partial charge in [-0.2, -0.15) is 0 Å². The van der Waals surface area contributed by atoms with Gasteiger partial charge in [-0.25, -0.2) is 0 Å². The highest BCUT2D eigenvalue weighted by Crippen LogP contribution is 2.19. The largest absolute Gasteiger partial charge is 0.384 e. The third-order valence-electron chi connectivity index (χ3n) is 7.81. The van der Waals surface area contributed by atoms with Gasteiger partial charge in [0.2, 0.25) is 0 Å². The van der Waals surface area contributed by atoms with Gasteiger partial charge < -0.3 is 24.0 Å². The molecule has 0 amide bonds. The lowest BCUT2D eigenvalue weighted by Crippen LogP contribution is -2.38. The van der Waals surface area contributed by atoms with Gasteiger partial charge >= 0.3 is 0 Å². The third-order valence-corrected chi connectivity index (χ3v) is 7.81. The number of nitrogens with zero attached hydrogens (tertiary/aromatic N) is 3. The molecule has 3 saturated heterocycles. The lowest BCUT2D eigenvalue weighted by molar-refractivity contribution is 0.0484. The molecule has 188 valence electrons. The van der Waals surface area contributed by atoms with Crippen molar-refractivity contribution in [3.63, 3.8) is 0 Å². The Hall–Kier alpha value is -0.240. The van der Waals surface area contributed by atoms with E-state index in [2.05, 4.69) is 21.6 Å². The summed E-state index contributed by atoms with van der Waals surface area (Å²) in [5.74, 6) is 1.48. The van der Waals surface area contributed by atoms with Gasteiger partial charge in [-0.3, -0.25) is 4.90 Å². The number of hydrogen-bond acceptors (Lipinski definition) is 6. The van der Waals surface area contributed by atoms with Crippen LogP contribution in [0.5, 0.6) is 0 Å². The summed E-state index contributed by atoms with van der Waals surface area (Å²) in [5, 5.41) is 0. The summed E-state index contributed by atoms with van der Waals surface area (Å²) in [6.07, 6.45) is 10.2. The van der Waals surface area contributed by atoms with E-state index in [9.17, 15) is 0 Å². The fourth-order valence-electron chi connectivity index (χ4n) is 5.85. The van der Waals surface area contributed by atoms with E-state index in [4.69, 9.17) is 14.2 Å². The van der Waals surface area contributed by atoms with Gasteiger partial charge in [-0.05, 0) is 95.9 Å². The van der Waals surface area contributed by atoms with Gasteiger partial charge in [0.15, 0.2) is 0 Å². The smallest absolute Gasteiger partial charge is 0.0621 e. The molecular formula is C26H51N3O3. The lowest BCUT2D eigenvalue weighted by atomic mass is 9.98. The number of methoxy groups -OCH3 is 1. The molecule has 0 aromatic heterocycles. The van der Waals surface area contributed by atoms with Crippen molar-refractivity contribution in [2.75, 3.05) is 92.5 Å². The summed E-state index contributed by atoms with van der Waals surface area (Å²) in [4.78, 5) is 7.80. The maximum absolute atomic E-state index is 6.06. The van der Waals surface area contributed by atoms with Gasteiger partial charge in [0.25, 0.3) is 0 Å².